The molecule has 3 rings (SSSR count). The lowest BCUT2D eigenvalue weighted by Gasteiger charge is -2.50. The van der Waals surface area contributed by atoms with Gasteiger partial charge in [0.2, 0.25) is 0 Å². The summed E-state index contributed by atoms with van der Waals surface area (Å²) in [5, 5.41) is 0. The van der Waals surface area contributed by atoms with Crippen LogP contribution in [0.2, 0.25) is 0 Å². The van der Waals surface area contributed by atoms with E-state index in [1.54, 1.807) is 0 Å². The van der Waals surface area contributed by atoms with E-state index < -0.39 is 0 Å². The lowest BCUT2D eigenvalue weighted by Crippen LogP contribution is -2.42. The molecule has 1 nitrogen and oxygen atoms in total. The van der Waals surface area contributed by atoms with Gasteiger partial charge in [0.25, 0.3) is 0 Å². The van der Waals surface area contributed by atoms with Gasteiger partial charge in [-0.2, -0.15) is 0 Å². The van der Waals surface area contributed by atoms with Crippen molar-refractivity contribution < 1.29 is 4.79 Å². The van der Waals surface area contributed by atoms with Gasteiger partial charge in [0.1, 0.15) is 5.78 Å². The first kappa shape index (κ1) is 17.5. The second kappa shape index (κ2) is 6.89. The summed E-state index contributed by atoms with van der Waals surface area (Å²) in [5.41, 5.74) is 0.610. The Morgan fingerprint density at radius 2 is 1.83 bits per heavy atom. The number of rotatable bonds is 1. The van der Waals surface area contributed by atoms with Crippen LogP contribution in [-0.2, 0) is 4.79 Å². The van der Waals surface area contributed by atoms with E-state index in [4.69, 9.17) is 0 Å². The van der Waals surface area contributed by atoms with Crippen LogP contribution in [-0.4, -0.2) is 5.78 Å². The number of carbonyl (C=O) groups is 1. The Kier molecular flexibility index (Phi) is 5.24. The van der Waals surface area contributed by atoms with Crippen LogP contribution in [0.15, 0.2) is 0 Å². The van der Waals surface area contributed by atoms with Crippen molar-refractivity contribution in [3.8, 4) is 0 Å². The van der Waals surface area contributed by atoms with Crippen molar-refractivity contribution in [2.75, 3.05) is 0 Å². The summed E-state index contributed by atoms with van der Waals surface area (Å²) in [5.74, 6) is 5.76. The van der Waals surface area contributed by atoms with Gasteiger partial charge in [-0.1, -0.05) is 34.1 Å². The smallest absolute Gasteiger partial charge is 0.133 e. The zero-order valence-electron chi connectivity index (χ0n) is 15.9. The van der Waals surface area contributed by atoms with E-state index in [0.29, 0.717) is 17.1 Å². The van der Waals surface area contributed by atoms with Crippen molar-refractivity contribution in [2.45, 2.75) is 91.9 Å². The first-order valence-electron chi connectivity index (χ1n) is 10.4. The standard InChI is InChI=1S/C22H38O/c1-15(2)20-10-11-21-19-9-8-16(3)14-18(23)7-5-6-17(19)12-13-22(20,21)4/h15-17,19-21H,5-14H2,1-4H3/t16-,17?,19+,20+,21-,22+/m0/s1. The zero-order valence-corrected chi connectivity index (χ0v) is 15.9. The Hall–Kier alpha value is -0.330. The van der Waals surface area contributed by atoms with Crippen LogP contribution in [0.25, 0.3) is 0 Å². The number of fused-ring (bicyclic) bond motifs is 3. The summed E-state index contributed by atoms with van der Waals surface area (Å²) < 4.78 is 0. The Labute approximate surface area is 144 Å². The van der Waals surface area contributed by atoms with E-state index >= 15 is 0 Å². The summed E-state index contributed by atoms with van der Waals surface area (Å²) in [4.78, 5) is 12.0. The first-order valence-corrected chi connectivity index (χ1v) is 10.4. The molecule has 0 aromatic carbocycles. The van der Waals surface area contributed by atoms with Crippen molar-refractivity contribution >= 4 is 5.78 Å². The van der Waals surface area contributed by atoms with Crippen LogP contribution in [0.3, 0.4) is 0 Å². The molecule has 0 aromatic rings. The predicted molar refractivity (Wildman–Crippen MR) is 97.2 cm³/mol. The molecule has 0 saturated heterocycles. The van der Waals surface area contributed by atoms with Crippen LogP contribution < -0.4 is 0 Å². The molecule has 0 aromatic heterocycles. The van der Waals surface area contributed by atoms with Crippen molar-refractivity contribution in [3.63, 3.8) is 0 Å². The fourth-order valence-corrected chi connectivity index (χ4v) is 6.93. The van der Waals surface area contributed by atoms with Gasteiger partial charge in [0.15, 0.2) is 0 Å². The maximum absolute atomic E-state index is 12.0. The summed E-state index contributed by atoms with van der Waals surface area (Å²) in [6.45, 7) is 9.84. The van der Waals surface area contributed by atoms with Crippen molar-refractivity contribution in [1.29, 1.82) is 0 Å². The SMILES string of the molecule is CC(C)[C@H]1CC[C@H]2[C@@H]3CC[C@H](C)CC(=O)CCCC3CC[C@]12C. The second-order valence-electron chi connectivity index (χ2n) is 9.82. The Morgan fingerprint density at radius 3 is 2.57 bits per heavy atom. The molecule has 0 aliphatic heterocycles. The minimum absolute atomic E-state index is 0.525. The van der Waals surface area contributed by atoms with Crippen molar-refractivity contribution in [1.82, 2.24) is 0 Å². The largest absolute Gasteiger partial charge is 0.300 e. The Balaban J connectivity index is 1.77. The monoisotopic (exact) mass is 318 g/mol. The van der Waals surface area contributed by atoms with Crippen molar-refractivity contribution in [3.05, 3.63) is 0 Å². The predicted octanol–water partition coefficient (Wildman–Crippen LogP) is 6.26. The molecule has 0 N–H and O–H groups in total. The number of hydrogen-bond acceptors (Lipinski definition) is 1. The molecule has 0 radical (unpaired) electrons. The van der Waals surface area contributed by atoms with Gasteiger partial charge < -0.3 is 0 Å². The Bertz CT molecular complexity index is 426. The molecule has 0 heterocycles. The molecule has 0 bridgehead atoms. The minimum Gasteiger partial charge on any atom is -0.300 e. The maximum Gasteiger partial charge on any atom is 0.133 e. The van der Waals surface area contributed by atoms with Gasteiger partial charge in [0, 0.05) is 12.8 Å². The number of hydrogen-bond donors (Lipinski definition) is 0. The Morgan fingerprint density at radius 1 is 1.04 bits per heavy atom. The zero-order chi connectivity index (χ0) is 16.6. The summed E-state index contributed by atoms with van der Waals surface area (Å²) >= 11 is 0. The number of carbonyl (C=O) groups excluding carboxylic acids is 1. The fourth-order valence-electron chi connectivity index (χ4n) is 6.93. The average molecular weight is 319 g/mol. The lowest BCUT2D eigenvalue weighted by molar-refractivity contribution is -0.120. The third kappa shape index (κ3) is 3.40. The molecule has 3 fully saturated rings. The summed E-state index contributed by atoms with van der Waals surface area (Å²) in [6.07, 6.45) is 12.7. The maximum atomic E-state index is 12.0. The minimum atomic E-state index is 0.525. The quantitative estimate of drug-likeness (QED) is 0.557. The van der Waals surface area contributed by atoms with Gasteiger partial charge >= 0.3 is 0 Å². The van der Waals surface area contributed by atoms with E-state index in [0.717, 1.165) is 48.9 Å². The molecule has 0 spiro atoms. The van der Waals surface area contributed by atoms with E-state index in [9.17, 15) is 4.79 Å². The molecule has 3 saturated carbocycles. The molecule has 6 atom stereocenters. The molecular formula is C22H38O. The summed E-state index contributed by atoms with van der Waals surface area (Å²) in [7, 11) is 0. The van der Waals surface area contributed by atoms with Crippen LogP contribution in [0.5, 0.6) is 0 Å². The molecule has 1 heteroatoms. The topological polar surface area (TPSA) is 17.1 Å². The van der Waals surface area contributed by atoms with Gasteiger partial charge in [-0.05, 0) is 85.9 Å². The third-order valence-electron chi connectivity index (χ3n) is 8.06. The van der Waals surface area contributed by atoms with E-state index in [1.807, 2.05) is 0 Å². The highest BCUT2D eigenvalue weighted by Gasteiger charge is 2.53. The van der Waals surface area contributed by atoms with Crippen molar-refractivity contribution in [2.24, 2.45) is 40.9 Å². The van der Waals surface area contributed by atoms with Gasteiger partial charge in [-0.15, -0.1) is 0 Å². The van der Waals surface area contributed by atoms with E-state index in [-0.39, 0.29) is 0 Å². The van der Waals surface area contributed by atoms with E-state index in [2.05, 4.69) is 27.7 Å². The average Bonchev–Trinajstić information content (AvgIpc) is 2.83. The lowest BCUT2D eigenvalue weighted by atomic mass is 9.55. The van der Waals surface area contributed by atoms with Crippen LogP contribution in [0.1, 0.15) is 91.9 Å². The molecule has 23 heavy (non-hydrogen) atoms. The fraction of sp³-hybridized carbons (Fsp3) is 0.955. The summed E-state index contributed by atoms with van der Waals surface area (Å²) in [6, 6.07) is 0. The van der Waals surface area contributed by atoms with Crippen LogP contribution >= 0.6 is 0 Å². The highest BCUT2D eigenvalue weighted by atomic mass is 16.1. The van der Waals surface area contributed by atoms with Gasteiger partial charge in [-0.25, -0.2) is 0 Å². The van der Waals surface area contributed by atoms with Crippen LogP contribution in [0.4, 0.5) is 0 Å². The van der Waals surface area contributed by atoms with Crippen LogP contribution in [0, 0.1) is 40.9 Å². The van der Waals surface area contributed by atoms with Gasteiger partial charge in [0.05, 0.1) is 0 Å². The second-order valence-corrected chi connectivity index (χ2v) is 9.82. The molecule has 3 aliphatic rings. The molecule has 1 unspecified atom stereocenters. The molecule has 0 amide bonds. The number of ketones is 1. The van der Waals surface area contributed by atoms with Gasteiger partial charge in [-0.3, -0.25) is 4.79 Å². The normalized spacial score (nSPS) is 45.6. The first-order chi connectivity index (χ1) is 10.9. The molecular weight excluding hydrogens is 280 g/mol. The highest BCUT2D eigenvalue weighted by molar-refractivity contribution is 5.78. The van der Waals surface area contributed by atoms with E-state index in [1.165, 1.54) is 44.9 Å². The molecule has 3 aliphatic carbocycles. The third-order valence-corrected chi connectivity index (χ3v) is 8.06. The highest BCUT2D eigenvalue weighted by Crippen LogP contribution is 2.62. The number of Topliss-reactive ketones (excluding diaryl/α,β-unsaturated/α-hetero) is 1. The molecule has 132 valence electrons.